The molecule has 0 fully saturated rings. The number of nitrogens with zero attached hydrogens (tertiary/aromatic N) is 3. The zero-order valence-corrected chi connectivity index (χ0v) is 14.9. The van der Waals surface area contributed by atoms with Gasteiger partial charge in [0.1, 0.15) is 5.69 Å². The van der Waals surface area contributed by atoms with E-state index in [2.05, 4.69) is 25.9 Å². The quantitative estimate of drug-likeness (QED) is 0.610. The fourth-order valence-corrected chi connectivity index (χ4v) is 2.79. The van der Waals surface area contributed by atoms with Crippen LogP contribution in [0.3, 0.4) is 0 Å². The molecule has 27 heavy (non-hydrogen) atoms. The number of rotatable bonds is 6. The number of alkyl halides is 3. The monoisotopic (exact) mass is 382 g/mol. The summed E-state index contributed by atoms with van der Waals surface area (Å²) in [5, 5.41) is 17.8. The Morgan fingerprint density at radius 2 is 2.00 bits per heavy atom. The summed E-state index contributed by atoms with van der Waals surface area (Å²) < 4.78 is 39.9. The summed E-state index contributed by atoms with van der Waals surface area (Å²) in [6, 6.07) is 5.37. The third-order valence-corrected chi connectivity index (χ3v) is 4.09. The van der Waals surface area contributed by atoms with Crippen LogP contribution in [0.2, 0.25) is 0 Å². The first-order chi connectivity index (χ1) is 12.8. The fraction of sp³-hybridized carbons (Fsp3) is 0.412. The highest BCUT2D eigenvalue weighted by Gasteiger charge is 2.34. The van der Waals surface area contributed by atoms with Gasteiger partial charge in [0, 0.05) is 12.6 Å². The van der Waals surface area contributed by atoms with E-state index in [-0.39, 0.29) is 36.6 Å². The summed E-state index contributed by atoms with van der Waals surface area (Å²) >= 11 is 0. The minimum absolute atomic E-state index is 0.0937. The van der Waals surface area contributed by atoms with Crippen molar-refractivity contribution in [2.24, 2.45) is 0 Å². The van der Waals surface area contributed by atoms with Crippen LogP contribution < -0.4 is 20.9 Å². The zero-order valence-electron chi connectivity index (χ0n) is 14.9. The molecule has 0 unspecified atom stereocenters. The predicted octanol–water partition coefficient (Wildman–Crippen LogP) is 3.24. The first kappa shape index (κ1) is 19.0. The third-order valence-electron chi connectivity index (χ3n) is 4.09. The van der Waals surface area contributed by atoms with Gasteiger partial charge in [-0.2, -0.15) is 23.1 Å². The molecule has 0 radical (unpaired) electrons. The van der Waals surface area contributed by atoms with Crippen LogP contribution in [0, 0.1) is 0 Å². The molecule has 1 aromatic carbocycles. The highest BCUT2D eigenvalue weighted by molar-refractivity contribution is 5.85. The number of anilines is 5. The van der Waals surface area contributed by atoms with Crippen molar-refractivity contribution in [3.63, 3.8) is 0 Å². The van der Waals surface area contributed by atoms with Crippen LogP contribution in [0.5, 0.6) is 0 Å². The standard InChI is InChI=1S/C17H21F3N6O/c1-10(2)26-9-22-13-14(24-16(21-7-8-27)25-15(13)26)23-12-6-4-3-5-11(12)17(18,19)20/h3-6,10,22,27H,7-9H2,1-2H3,(H2,21,23,24,25). The number of aliphatic hydroxyl groups is 1. The molecule has 0 saturated carbocycles. The van der Waals surface area contributed by atoms with Crippen molar-refractivity contribution in [1.29, 1.82) is 0 Å². The van der Waals surface area contributed by atoms with E-state index in [9.17, 15) is 13.2 Å². The largest absolute Gasteiger partial charge is 0.418 e. The molecular formula is C17H21F3N6O. The van der Waals surface area contributed by atoms with Crippen LogP contribution >= 0.6 is 0 Å². The molecule has 3 rings (SSSR count). The van der Waals surface area contributed by atoms with Gasteiger partial charge in [-0.3, -0.25) is 0 Å². The molecule has 4 N–H and O–H groups in total. The molecule has 2 aromatic rings. The van der Waals surface area contributed by atoms with E-state index in [0.717, 1.165) is 6.07 Å². The van der Waals surface area contributed by atoms with Gasteiger partial charge in [-0.05, 0) is 26.0 Å². The lowest BCUT2D eigenvalue weighted by molar-refractivity contribution is -0.136. The Hall–Kier alpha value is -2.75. The average Bonchev–Trinajstić information content (AvgIpc) is 3.04. The molecule has 0 saturated heterocycles. The second kappa shape index (κ2) is 7.47. The molecular weight excluding hydrogens is 361 g/mol. The highest BCUT2D eigenvalue weighted by Crippen LogP contribution is 2.41. The van der Waals surface area contributed by atoms with Crippen molar-refractivity contribution in [3.8, 4) is 0 Å². The number of hydrogen-bond donors (Lipinski definition) is 4. The van der Waals surface area contributed by atoms with Crippen molar-refractivity contribution in [2.75, 3.05) is 40.7 Å². The normalized spacial score (nSPS) is 13.5. The maximum Gasteiger partial charge on any atom is 0.418 e. The highest BCUT2D eigenvalue weighted by atomic mass is 19.4. The van der Waals surface area contributed by atoms with Gasteiger partial charge in [-0.15, -0.1) is 0 Å². The Morgan fingerprint density at radius 3 is 2.67 bits per heavy atom. The van der Waals surface area contributed by atoms with E-state index < -0.39 is 11.7 Å². The molecule has 146 valence electrons. The Labute approximate surface area is 154 Å². The molecule has 0 bridgehead atoms. The number of halogens is 3. The smallest absolute Gasteiger partial charge is 0.395 e. The molecule has 1 aliphatic rings. The average molecular weight is 382 g/mol. The van der Waals surface area contributed by atoms with Gasteiger partial charge in [0.2, 0.25) is 5.95 Å². The topological polar surface area (TPSA) is 85.3 Å². The van der Waals surface area contributed by atoms with Gasteiger partial charge >= 0.3 is 6.18 Å². The summed E-state index contributed by atoms with van der Waals surface area (Å²) in [6.45, 7) is 4.57. The summed E-state index contributed by atoms with van der Waals surface area (Å²) in [5.74, 6) is 1.05. The number of benzene rings is 1. The summed E-state index contributed by atoms with van der Waals surface area (Å²) in [6.07, 6.45) is -4.49. The van der Waals surface area contributed by atoms with E-state index >= 15 is 0 Å². The summed E-state index contributed by atoms with van der Waals surface area (Å²) in [7, 11) is 0. The number of nitrogens with one attached hydrogen (secondary N) is 3. The second-order valence-corrected chi connectivity index (χ2v) is 6.31. The molecule has 0 spiro atoms. The van der Waals surface area contributed by atoms with E-state index in [4.69, 9.17) is 5.11 Å². The van der Waals surface area contributed by atoms with Crippen LogP contribution in [-0.4, -0.2) is 40.9 Å². The first-order valence-corrected chi connectivity index (χ1v) is 8.51. The second-order valence-electron chi connectivity index (χ2n) is 6.31. The first-order valence-electron chi connectivity index (χ1n) is 8.51. The van der Waals surface area contributed by atoms with E-state index in [1.807, 2.05) is 18.7 Å². The molecule has 7 nitrogen and oxygen atoms in total. The lowest BCUT2D eigenvalue weighted by atomic mass is 10.1. The Bertz CT molecular complexity index is 812. The van der Waals surface area contributed by atoms with E-state index in [1.165, 1.54) is 18.2 Å². The summed E-state index contributed by atoms with van der Waals surface area (Å²) in [5.41, 5.74) is -0.333. The van der Waals surface area contributed by atoms with E-state index in [1.54, 1.807) is 0 Å². The maximum absolute atomic E-state index is 13.3. The Balaban J connectivity index is 2.03. The molecule has 2 heterocycles. The minimum atomic E-state index is -4.49. The van der Waals surface area contributed by atoms with Crippen LogP contribution in [0.15, 0.2) is 24.3 Å². The number of aromatic nitrogens is 2. The molecule has 1 aliphatic heterocycles. The van der Waals surface area contributed by atoms with Crippen molar-refractivity contribution >= 4 is 29.0 Å². The van der Waals surface area contributed by atoms with Gasteiger partial charge in [0.25, 0.3) is 0 Å². The van der Waals surface area contributed by atoms with Gasteiger partial charge in [-0.25, -0.2) is 0 Å². The SMILES string of the molecule is CC(C)N1CNc2c(Nc3ccccc3C(F)(F)F)nc(NCCO)nc21. The number of para-hydroxylation sites is 1. The van der Waals surface area contributed by atoms with Crippen LogP contribution in [-0.2, 0) is 6.18 Å². The van der Waals surface area contributed by atoms with Crippen LogP contribution in [0.4, 0.5) is 42.1 Å². The van der Waals surface area contributed by atoms with Crippen LogP contribution in [0.25, 0.3) is 0 Å². The minimum Gasteiger partial charge on any atom is -0.395 e. The van der Waals surface area contributed by atoms with Gasteiger partial charge in [0.15, 0.2) is 11.6 Å². The number of hydrogen-bond acceptors (Lipinski definition) is 7. The molecule has 1 aromatic heterocycles. The lowest BCUT2D eigenvalue weighted by Gasteiger charge is -2.22. The maximum atomic E-state index is 13.3. The van der Waals surface area contributed by atoms with Crippen molar-refractivity contribution in [3.05, 3.63) is 29.8 Å². The number of fused-ring (bicyclic) bond motifs is 1. The van der Waals surface area contributed by atoms with Crippen LogP contribution in [0.1, 0.15) is 19.4 Å². The zero-order chi connectivity index (χ0) is 19.6. The van der Waals surface area contributed by atoms with Gasteiger partial charge < -0.3 is 26.0 Å². The van der Waals surface area contributed by atoms with Crippen molar-refractivity contribution < 1.29 is 18.3 Å². The fourth-order valence-electron chi connectivity index (χ4n) is 2.79. The third kappa shape index (κ3) is 4.00. The molecule has 0 aliphatic carbocycles. The van der Waals surface area contributed by atoms with Crippen molar-refractivity contribution in [2.45, 2.75) is 26.1 Å². The molecule has 10 heteroatoms. The van der Waals surface area contributed by atoms with Crippen molar-refractivity contribution in [1.82, 2.24) is 9.97 Å². The Kier molecular flexibility index (Phi) is 5.26. The number of aliphatic hydroxyl groups excluding tert-OH is 1. The molecule has 0 atom stereocenters. The van der Waals surface area contributed by atoms with Gasteiger partial charge in [0.05, 0.1) is 24.5 Å². The summed E-state index contributed by atoms with van der Waals surface area (Å²) in [4.78, 5) is 10.7. The Morgan fingerprint density at radius 1 is 1.26 bits per heavy atom. The lowest BCUT2D eigenvalue weighted by Crippen LogP contribution is -2.30. The molecule has 0 amide bonds. The van der Waals surface area contributed by atoms with E-state index in [0.29, 0.717) is 18.2 Å². The predicted molar refractivity (Wildman–Crippen MR) is 98.4 cm³/mol. The van der Waals surface area contributed by atoms with Gasteiger partial charge in [-0.1, -0.05) is 12.1 Å².